The van der Waals surface area contributed by atoms with Crippen molar-refractivity contribution in [3.8, 4) is 0 Å². The van der Waals surface area contributed by atoms with Crippen LogP contribution >= 0.6 is 0 Å². The highest BCUT2D eigenvalue weighted by atomic mass is 16.5. The number of benzene rings is 1. The highest BCUT2D eigenvalue weighted by Crippen LogP contribution is 2.37. The lowest BCUT2D eigenvalue weighted by Crippen LogP contribution is -2.58. The van der Waals surface area contributed by atoms with Crippen molar-refractivity contribution in [3.05, 3.63) is 34.9 Å². The SMILES string of the molecule is Cc1ccc(C2(C(O)CN)COC2)c(C)c1. The lowest BCUT2D eigenvalue weighted by molar-refractivity contribution is -0.117. The molecule has 2 rings (SSSR count). The maximum absolute atomic E-state index is 10.1. The predicted octanol–water partition coefficient (Wildman–Crippen LogP) is 0.891. The van der Waals surface area contributed by atoms with Gasteiger partial charge in [0.25, 0.3) is 0 Å². The standard InChI is InChI=1S/C13H19NO2/c1-9-3-4-11(10(2)5-9)13(7-16-8-13)12(15)6-14/h3-5,12,15H,6-8,14H2,1-2H3. The van der Waals surface area contributed by atoms with Crippen molar-refractivity contribution < 1.29 is 9.84 Å². The molecular weight excluding hydrogens is 202 g/mol. The minimum atomic E-state index is -0.525. The van der Waals surface area contributed by atoms with Gasteiger partial charge in [0.2, 0.25) is 0 Å². The van der Waals surface area contributed by atoms with Crippen molar-refractivity contribution in [1.82, 2.24) is 0 Å². The van der Waals surface area contributed by atoms with Gasteiger partial charge in [-0.05, 0) is 25.0 Å². The summed E-state index contributed by atoms with van der Waals surface area (Å²) in [5.41, 5.74) is 8.90. The van der Waals surface area contributed by atoms with Crippen LogP contribution in [0.3, 0.4) is 0 Å². The normalized spacial score (nSPS) is 20.2. The summed E-state index contributed by atoms with van der Waals surface area (Å²) in [4.78, 5) is 0. The number of hydrogen-bond acceptors (Lipinski definition) is 3. The zero-order valence-electron chi connectivity index (χ0n) is 9.86. The zero-order chi connectivity index (χ0) is 11.8. The Labute approximate surface area is 96.2 Å². The van der Waals surface area contributed by atoms with E-state index in [1.165, 1.54) is 16.7 Å². The molecule has 1 unspecified atom stereocenters. The van der Waals surface area contributed by atoms with Crippen LogP contribution in [0.2, 0.25) is 0 Å². The Morgan fingerprint density at radius 1 is 1.44 bits per heavy atom. The van der Waals surface area contributed by atoms with Crippen LogP contribution in [-0.4, -0.2) is 31.0 Å². The summed E-state index contributed by atoms with van der Waals surface area (Å²) >= 11 is 0. The van der Waals surface area contributed by atoms with Gasteiger partial charge in [-0.2, -0.15) is 0 Å². The summed E-state index contributed by atoms with van der Waals surface area (Å²) < 4.78 is 5.29. The highest BCUT2D eigenvalue weighted by Gasteiger charge is 2.46. The van der Waals surface area contributed by atoms with Gasteiger partial charge in [0, 0.05) is 6.54 Å². The first-order chi connectivity index (χ1) is 7.60. The van der Waals surface area contributed by atoms with Crippen LogP contribution in [0.15, 0.2) is 18.2 Å². The molecule has 3 heteroatoms. The Bertz CT molecular complexity index is 386. The van der Waals surface area contributed by atoms with Crippen LogP contribution < -0.4 is 5.73 Å². The average molecular weight is 221 g/mol. The zero-order valence-corrected chi connectivity index (χ0v) is 9.86. The van der Waals surface area contributed by atoms with E-state index in [2.05, 4.69) is 32.0 Å². The molecule has 0 aromatic heterocycles. The molecule has 1 aromatic rings. The highest BCUT2D eigenvalue weighted by molar-refractivity contribution is 5.39. The molecule has 0 saturated carbocycles. The Hall–Kier alpha value is -0.900. The Morgan fingerprint density at radius 2 is 2.12 bits per heavy atom. The molecule has 16 heavy (non-hydrogen) atoms. The lowest BCUT2D eigenvalue weighted by atomic mass is 9.72. The molecule has 1 aromatic carbocycles. The maximum Gasteiger partial charge on any atom is 0.0803 e. The van der Waals surface area contributed by atoms with E-state index in [0.29, 0.717) is 13.2 Å². The summed E-state index contributed by atoms with van der Waals surface area (Å²) in [5, 5.41) is 10.1. The van der Waals surface area contributed by atoms with Gasteiger partial charge >= 0.3 is 0 Å². The molecule has 1 atom stereocenters. The molecule has 0 spiro atoms. The number of nitrogens with two attached hydrogens (primary N) is 1. The van der Waals surface area contributed by atoms with Crippen LogP contribution in [0.4, 0.5) is 0 Å². The third-order valence-corrected chi connectivity index (χ3v) is 3.50. The maximum atomic E-state index is 10.1. The largest absolute Gasteiger partial charge is 0.391 e. The number of aliphatic hydroxyl groups excluding tert-OH is 1. The van der Waals surface area contributed by atoms with E-state index in [9.17, 15) is 5.11 Å². The van der Waals surface area contributed by atoms with E-state index in [0.717, 1.165) is 0 Å². The smallest absolute Gasteiger partial charge is 0.0803 e. The third-order valence-electron chi connectivity index (χ3n) is 3.50. The van der Waals surface area contributed by atoms with Gasteiger partial charge in [-0.1, -0.05) is 23.8 Å². The van der Waals surface area contributed by atoms with Gasteiger partial charge in [-0.25, -0.2) is 0 Å². The molecule has 1 aliphatic heterocycles. The molecule has 0 amide bonds. The fourth-order valence-electron chi connectivity index (χ4n) is 2.45. The summed E-state index contributed by atoms with van der Waals surface area (Å²) in [5.74, 6) is 0. The van der Waals surface area contributed by atoms with Crippen molar-refractivity contribution >= 4 is 0 Å². The molecule has 0 aliphatic carbocycles. The molecule has 3 N–H and O–H groups in total. The van der Waals surface area contributed by atoms with Crippen molar-refractivity contribution in [2.75, 3.05) is 19.8 Å². The molecule has 88 valence electrons. The number of rotatable bonds is 3. The quantitative estimate of drug-likeness (QED) is 0.797. The van der Waals surface area contributed by atoms with Crippen LogP contribution in [0, 0.1) is 13.8 Å². The van der Waals surface area contributed by atoms with Crippen molar-refractivity contribution in [2.24, 2.45) is 5.73 Å². The van der Waals surface area contributed by atoms with E-state index in [4.69, 9.17) is 10.5 Å². The molecule has 1 saturated heterocycles. The molecule has 1 aliphatic rings. The van der Waals surface area contributed by atoms with Crippen molar-refractivity contribution in [3.63, 3.8) is 0 Å². The molecule has 1 heterocycles. The Kier molecular flexibility index (Phi) is 3.02. The van der Waals surface area contributed by atoms with Gasteiger partial charge in [0.15, 0.2) is 0 Å². The van der Waals surface area contributed by atoms with Gasteiger partial charge in [0.05, 0.1) is 24.7 Å². The van der Waals surface area contributed by atoms with E-state index in [-0.39, 0.29) is 12.0 Å². The van der Waals surface area contributed by atoms with Crippen LogP contribution in [0.25, 0.3) is 0 Å². The first kappa shape index (κ1) is 11.6. The molecule has 1 fully saturated rings. The monoisotopic (exact) mass is 221 g/mol. The number of aryl methyl sites for hydroxylation is 2. The lowest BCUT2D eigenvalue weighted by Gasteiger charge is -2.45. The predicted molar refractivity (Wildman–Crippen MR) is 63.5 cm³/mol. The van der Waals surface area contributed by atoms with E-state index < -0.39 is 6.10 Å². The van der Waals surface area contributed by atoms with Crippen molar-refractivity contribution in [2.45, 2.75) is 25.4 Å². The second-order valence-electron chi connectivity index (χ2n) is 4.72. The minimum absolute atomic E-state index is 0.274. The molecule has 0 radical (unpaired) electrons. The van der Waals surface area contributed by atoms with E-state index in [1.54, 1.807) is 0 Å². The minimum Gasteiger partial charge on any atom is -0.391 e. The first-order valence-electron chi connectivity index (χ1n) is 5.64. The second kappa shape index (κ2) is 4.17. The summed E-state index contributed by atoms with van der Waals surface area (Å²) in [6.45, 7) is 5.55. The van der Waals surface area contributed by atoms with Gasteiger partial charge < -0.3 is 15.6 Å². The molecular formula is C13H19NO2. The number of aliphatic hydroxyl groups is 1. The second-order valence-corrected chi connectivity index (χ2v) is 4.72. The van der Waals surface area contributed by atoms with Crippen molar-refractivity contribution in [1.29, 1.82) is 0 Å². The summed E-state index contributed by atoms with van der Waals surface area (Å²) in [7, 11) is 0. The molecule has 3 nitrogen and oxygen atoms in total. The third kappa shape index (κ3) is 1.65. The first-order valence-corrected chi connectivity index (χ1v) is 5.64. The van der Waals surface area contributed by atoms with Crippen LogP contribution in [0.5, 0.6) is 0 Å². The number of hydrogen-bond donors (Lipinski definition) is 2. The topological polar surface area (TPSA) is 55.5 Å². The molecule has 0 bridgehead atoms. The van der Waals surface area contributed by atoms with E-state index in [1.807, 2.05) is 0 Å². The fourth-order valence-corrected chi connectivity index (χ4v) is 2.45. The fraction of sp³-hybridized carbons (Fsp3) is 0.538. The summed E-state index contributed by atoms with van der Waals surface area (Å²) in [6, 6.07) is 6.30. The van der Waals surface area contributed by atoms with Gasteiger partial charge in [-0.3, -0.25) is 0 Å². The Balaban J connectivity index is 2.40. The number of ether oxygens (including phenoxy) is 1. The van der Waals surface area contributed by atoms with E-state index >= 15 is 0 Å². The average Bonchev–Trinajstić information content (AvgIpc) is 2.19. The summed E-state index contributed by atoms with van der Waals surface area (Å²) in [6.07, 6.45) is -0.525. The van der Waals surface area contributed by atoms with Crippen LogP contribution in [0.1, 0.15) is 16.7 Å². The van der Waals surface area contributed by atoms with Gasteiger partial charge in [-0.15, -0.1) is 0 Å². The van der Waals surface area contributed by atoms with Gasteiger partial charge in [0.1, 0.15) is 0 Å². The Morgan fingerprint density at radius 3 is 2.56 bits per heavy atom. The van der Waals surface area contributed by atoms with Crippen LogP contribution in [-0.2, 0) is 10.2 Å².